The molecule has 2 aromatic rings. The third-order valence-corrected chi connectivity index (χ3v) is 7.31. The Kier molecular flexibility index (Phi) is 12.0. The lowest BCUT2D eigenvalue weighted by molar-refractivity contribution is -0.155. The molecule has 43 heavy (non-hydrogen) atoms. The van der Waals surface area contributed by atoms with E-state index in [1.807, 2.05) is 0 Å². The molecule has 0 bridgehead atoms. The van der Waals surface area contributed by atoms with E-state index in [0.29, 0.717) is 23.8 Å². The molecule has 0 heterocycles. The zero-order valence-electron chi connectivity index (χ0n) is 25.6. The van der Waals surface area contributed by atoms with Crippen LogP contribution in [0.25, 0.3) is 0 Å². The molecule has 1 aliphatic carbocycles. The van der Waals surface area contributed by atoms with E-state index in [9.17, 15) is 24.3 Å². The summed E-state index contributed by atoms with van der Waals surface area (Å²) in [6, 6.07) is 9.72. The van der Waals surface area contributed by atoms with Crippen molar-refractivity contribution in [3.8, 4) is 11.5 Å². The monoisotopic (exact) mass is 595 g/mol. The highest BCUT2D eigenvalue weighted by Gasteiger charge is 2.26. The minimum atomic E-state index is -0.931. The summed E-state index contributed by atoms with van der Waals surface area (Å²) in [5.41, 5.74) is 6.54. The molecule has 5 N–H and O–H groups in total. The van der Waals surface area contributed by atoms with Gasteiger partial charge < -0.3 is 30.9 Å². The average molecular weight is 596 g/mol. The van der Waals surface area contributed by atoms with Gasteiger partial charge >= 0.3 is 5.97 Å². The number of phenolic OH excluding ortho intramolecular Hbond substituents is 1. The lowest BCUT2D eigenvalue weighted by Crippen LogP contribution is -2.48. The van der Waals surface area contributed by atoms with Gasteiger partial charge in [0.25, 0.3) is 5.91 Å². The van der Waals surface area contributed by atoms with Gasteiger partial charge in [-0.1, -0.05) is 37.5 Å². The fourth-order valence-corrected chi connectivity index (χ4v) is 5.22. The van der Waals surface area contributed by atoms with Crippen molar-refractivity contribution in [1.82, 2.24) is 10.6 Å². The van der Waals surface area contributed by atoms with Crippen molar-refractivity contribution in [2.45, 2.75) is 96.7 Å². The van der Waals surface area contributed by atoms with Gasteiger partial charge in [0.2, 0.25) is 11.8 Å². The summed E-state index contributed by atoms with van der Waals surface area (Å²) in [5.74, 6) is -1.08. The van der Waals surface area contributed by atoms with Crippen LogP contribution in [0.15, 0.2) is 42.5 Å². The fraction of sp³-hybridized carbons (Fsp3) is 0.515. The Morgan fingerprint density at radius 3 is 2.28 bits per heavy atom. The molecule has 2 aromatic carbocycles. The summed E-state index contributed by atoms with van der Waals surface area (Å²) < 4.78 is 11.5. The number of ether oxygens (including phenoxy) is 2. The van der Waals surface area contributed by atoms with E-state index in [1.54, 1.807) is 51.1 Å². The van der Waals surface area contributed by atoms with Gasteiger partial charge in [0, 0.05) is 19.8 Å². The second-order valence-corrected chi connectivity index (χ2v) is 12.2. The number of hydrogen-bond donors (Lipinski definition) is 4. The number of aromatic hydroxyl groups is 1. The smallest absolute Gasteiger partial charge is 0.306 e. The van der Waals surface area contributed by atoms with E-state index in [-0.39, 0.29) is 36.5 Å². The minimum Gasteiger partial charge on any atom is -0.508 e. The first-order valence-corrected chi connectivity index (χ1v) is 14.9. The van der Waals surface area contributed by atoms with Crippen molar-refractivity contribution in [1.29, 1.82) is 0 Å². The van der Waals surface area contributed by atoms with E-state index >= 15 is 0 Å². The fourth-order valence-electron chi connectivity index (χ4n) is 5.22. The Morgan fingerprint density at radius 2 is 1.67 bits per heavy atom. The number of phenols is 1. The molecule has 10 heteroatoms. The van der Waals surface area contributed by atoms with E-state index in [2.05, 4.69) is 10.6 Å². The van der Waals surface area contributed by atoms with Crippen molar-refractivity contribution in [3.05, 3.63) is 59.2 Å². The first kappa shape index (κ1) is 33.4. The van der Waals surface area contributed by atoms with Crippen LogP contribution < -0.4 is 21.1 Å². The van der Waals surface area contributed by atoms with Gasteiger partial charge in [0.15, 0.2) is 0 Å². The third kappa shape index (κ3) is 11.3. The van der Waals surface area contributed by atoms with Gasteiger partial charge in [-0.25, -0.2) is 0 Å². The summed E-state index contributed by atoms with van der Waals surface area (Å²) in [6.07, 6.45) is 6.08. The van der Waals surface area contributed by atoms with Crippen LogP contribution in [0, 0.1) is 5.92 Å². The Hall–Kier alpha value is -4.08. The largest absolute Gasteiger partial charge is 0.508 e. The molecule has 3 rings (SSSR count). The second-order valence-electron chi connectivity index (χ2n) is 12.2. The van der Waals surface area contributed by atoms with Crippen LogP contribution in [0.1, 0.15) is 100 Å². The van der Waals surface area contributed by atoms with Gasteiger partial charge in [0.1, 0.15) is 23.1 Å². The molecule has 0 spiro atoms. The number of carbonyl (C=O) groups excluding carboxylic acids is 4. The van der Waals surface area contributed by atoms with Gasteiger partial charge in [0.05, 0.1) is 18.2 Å². The van der Waals surface area contributed by atoms with Crippen molar-refractivity contribution in [2.24, 2.45) is 11.7 Å². The van der Waals surface area contributed by atoms with Crippen LogP contribution in [0.5, 0.6) is 11.5 Å². The number of benzene rings is 2. The molecule has 234 valence electrons. The SMILES string of the molecule is CC(=O)N[C@@H](Cc1ccc(O)cc1)C(=O)NC(CCC(=O)OC(C)(C)C)c1ccc(OCC2CCCCC2)c(C(N)=O)c1. The number of nitrogens with two attached hydrogens (primary N) is 1. The van der Waals surface area contributed by atoms with Crippen LogP contribution in [0.2, 0.25) is 0 Å². The highest BCUT2D eigenvalue weighted by molar-refractivity contribution is 5.96. The van der Waals surface area contributed by atoms with Gasteiger partial charge in [-0.2, -0.15) is 0 Å². The summed E-state index contributed by atoms with van der Waals surface area (Å²) in [7, 11) is 0. The summed E-state index contributed by atoms with van der Waals surface area (Å²) in [5, 5.41) is 15.3. The predicted octanol–water partition coefficient (Wildman–Crippen LogP) is 4.48. The highest BCUT2D eigenvalue weighted by atomic mass is 16.6. The molecule has 0 radical (unpaired) electrons. The molecule has 1 fully saturated rings. The predicted molar refractivity (Wildman–Crippen MR) is 162 cm³/mol. The zero-order chi connectivity index (χ0) is 31.6. The third-order valence-electron chi connectivity index (χ3n) is 7.31. The number of carbonyl (C=O) groups is 4. The molecular weight excluding hydrogens is 550 g/mol. The summed E-state index contributed by atoms with van der Waals surface area (Å²) >= 11 is 0. The zero-order valence-corrected chi connectivity index (χ0v) is 25.6. The molecule has 2 atom stereocenters. The lowest BCUT2D eigenvalue weighted by atomic mass is 9.90. The Morgan fingerprint density at radius 1 is 1.00 bits per heavy atom. The molecule has 1 aliphatic rings. The van der Waals surface area contributed by atoms with Crippen LogP contribution in [-0.2, 0) is 25.5 Å². The first-order valence-electron chi connectivity index (χ1n) is 14.9. The summed E-state index contributed by atoms with van der Waals surface area (Å²) in [4.78, 5) is 50.6. The second kappa shape index (κ2) is 15.4. The average Bonchev–Trinajstić information content (AvgIpc) is 2.94. The van der Waals surface area contributed by atoms with E-state index in [0.717, 1.165) is 18.4 Å². The Balaban J connectivity index is 1.85. The minimum absolute atomic E-state index is 0.00316. The van der Waals surface area contributed by atoms with Crippen molar-refractivity contribution < 1.29 is 33.8 Å². The number of esters is 1. The number of hydrogen-bond acceptors (Lipinski definition) is 7. The number of rotatable bonds is 13. The molecular formula is C33H45N3O7. The number of amides is 3. The Labute approximate surface area is 253 Å². The summed E-state index contributed by atoms with van der Waals surface area (Å²) in [6.45, 7) is 7.14. The number of nitrogens with one attached hydrogen (secondary N) is 2. The van der Waals surface area contributed by atoms with Crippen LogP contribution >= 0.6 is 0 Å². The maximum Gasteiger partial charge on any atom is 0.306 e. The van der Waals surface area contributed by atoms with Crippen LogP contribution in [0.4, 0.5) is 0 Å². The quantitative estimate of drug-likeness (QED) is 0.249. The van der Waals surface area contributed by atoms with Gasteiger partial charge in [-0.05, 0) is 81.3 Å². The molecule has 0 saturated heterocycles. The molecule has 0 aliphatic heterocycles. The van der Waals surface area contributed by atoms with E-state index < -0.39 is 35.5 Å². The Bertz CT molecular complexity index is 1260. The molecule has 10 nitrogen and oxygen atoms in total. The van der Waals surface area contributed by atoms with Crippen LogP contribution in [0.3, 0.4) is 0 Å². The highest BCUT2D eigenvalue weighted by Crippen LogP contribution is 2.29. The van der Waals surface area contributed by atoms with Gasteiger partial charge in [-0.15, -0.1) is 0 Å². The topological polar surface area (TPSA) is 157 Å². The van der Waals surface area contributed by atoms with Crippen molar-refractivity contribution in [2.75, 3.05) is 6.61 Å². The maximum absolute atomic E-state index is 13.6. The number of primary amides is 1. The molecule has 1 saturated carbocycles. The van der Waals surface area contributed by atoms with E-state index in [4.69, 9.17) is 15.2 Å². The van der Waals surface area contributed by atoms with E-state index in [1.165, 1.54) is 38.3 Å². The normalized spacial score (nSPS) is 15.2. The molecule has 3 amide bonds. The van der Waals surface area contributed by atoms with Crippen LogP contribution in [-0.4, -0.2) is 47.0 Å². The van der Waals surface area contributed by atoms with Crippen molar-refractivity contribution >= 4 is 23.7 Å². The standard InChI is InChI=1S/C33H45N3O7/c1-21(37)35-28(18-22-10-13-25(38)14-11-22)32(41)36-27(15-17-30(39)43-33(2,3)4)24-12-16-29(26(19-24)31(34)40)42-20-23-8-6-5-7-9-23/h10-14,16,19,23,27-28,38H,5-9,15,17-18,20H2,1-4H3,(H2,34,40)(H,35,37)(H,36,41)/t27?,28-/m0/s1. The molecule has 0 aromatic heterocycles. The molecule has 1 unspecified atom stereocenters. The van der Waals surface area contributed by atoms with Gasteiger partial charge in [-0.3, -0.25) is 19.2 Å². The maximum atomic E-state index is 13.6. The van der Waals surface area contributed by atoms with Crippen molar-refractivity contribution in [3.63, 3.8) is 0 Å². The first-order chi connectivity index (χ1) is 20.3. The lowest BCUT2D eigenvalue weighted by Gasteiger charge is -2.26.